The smallest absolute Gasteiger partial charge is 0.731 e. The molecule has 0 radical (unpaired) electrons. The molecule has 34 heavy (non-hydrogen) atoms. The number of alkyl halides is 1. The van der Waals surface area contributed by atoms with E-state index < -0.39 is 40.1 Å². The first-order valence-electron chi connectivity index (χ1n) is 8.85. The van der Waals surface area contributed by atoms with Crippen molar-refractivity contribution in [3.8, 4) is 0 Å². The summed E-state index contributed by atoms with van der Waals surface area (Å²) < 4.78 is 34.9. The number of oxime groups is 1. The van der Waals surface area contributed by atoms with Crippen molar-refractivity contribution in [1.82, 2.24) is 14.6 Å². The van der Waals surface area contributed by atoms with E-state index >= 15 is 0 Å². The van der Waals surface area contributed by atoms with E-state index in [1.165, 1.54) is 36.8 Å². The zero-order valence-corrected chi connectivity index (χ0v) is 22.7. The van der Waals surface area contributed by atoms with Crippen LogP contribution >= 0.6 is 34.5 Å². The second-order valence-corrected chi connectivity index (χ2v) is 9.19. The van der Waals surface area contributed by atoms with Gasteiger partial charge in [-0.05, 0) is 17.7 Å². The van der Waals surface area contributed by atoms with Crippen molar-refractivity contribution in [3.05, 3.63) is 45.9 Å². The monoisotopic (exact) mass is 557 g/mol. The fourth-order valence-electron chi connectivity index (χ4n) is 2.94. The summed E-state index contributed by atoms with van der Waals surface area (Å²) in [7, 11) is -3.98. The van der Waals surface area contributed by atoms with E-state index in [2.05, 4.69) is 25.6 Å². The van der Waals surface area contributed by atoms with Gasteiger partial charge in [0.1, 0.15) is 30.8 Å². The maximum absolute atomic E-state index is 12.9. The van der Waals surface area contributed by atoms with Gasteiger partial charge in [0, 0.05) is 10.4 Å². The predicted octanol–water partition coefficient (Wildman–Crippen LogP) is -2.14. The molecule has 0 bridgehead atoms. The van der Waals surface area contributed by atoms with Gasteiger partial charge in [-0.1, -0.05) is 28.9 Å². The number of rotatable bonds is 8. The van der Waals surface area contributed by atoms with Gasteiger partial charge in [-0.15, -0.1) is 22.9 Å². The first-order valence-corrected chi connectivity index (χ1v) is 12.0. The molecule has 1 saturated heterocycles. The van der Waals surface area contributed by atoms with Gasteiger partial charge >= 0.3 is 29.6 Å². The molecule has 3 rings (SSSR count). The molecule has 1 aliphatic heterocycles. The summed E-state index contributed by atoms with van der Waals surface area (Å²) in [6.07, 6.45) is 0. The molecule has 2 N–H and O–H groups in total. The molecule has 2 atom stereocenters. The Labute approximate surface area is 229 Å². The molecule has 176 valence electrons. The number of carbonyl (C=O) groups excluding carboxylic acids is 3. The number of amides is 3. The van der Waals surface area contributed by atoms with Crippen LogP contribution < -0.4 is 40.2 Å². The molecule has 12 nitrogen and oxygen atoms in total. The van der Waals surface area contributed by atoms with E-state index in [0.29, 0.717) is 5.02 Å². The Balaban J connectivity index is 0.00000408. The van der Waals surface area contributed by atoms with Gasteiger partial charge in [-0.3, -0.25) is 14.4 Å². The Hall–Kier alpha value is -1.78. The molecule has 2 unspecified atom stereocenters. The maximum Gasteiger partial charge on any atom is 1.00 e. The number of hydrogen-bond acceptors (Lipinski definition) is 10. The Bertz CT molecular complexity index is 1220. The minimum absolute atomic E-state index is 0. The number of halogens is 2. The van der Waals surface area contributed by atoms with Crippen LogP contribution in [0.3, 0.4) is 0 Å². The van der Waals surface area contributed by atoms with E-state index in [4.69, 9.17) is 23.2 Å². The molecule has 2 heterocycles. The normalized spacial score (nSPS) is 17.9. The number of benzene rings is 1. The average Bonchev–Trinajstić information content (AvgIpc) is 3.21. The fraction of sp³-hybridized carbons (Fsp3) is 0.235. The van der Waals surface area contributed by atoms with Gasteiger partial charge in [-0.2, -0.15) is 0 Å². The summed E-state index contributed by atoms with van der Waals surface area (Å²) >= 11 is 12.3. The van der Waals surface area contributed by atoms with Crippen LogP contribution in [0.1, 0.15) is 17.3 Å². The van der Waals surface area contributed by atoms with E-state index in [9.17, 15) is 27.4 Å². The van der Waals surface area contributed by atoms with Crippen molar-refractivity contribution < 1.29 is 61.7 Å². The predicted molar refractivity (Wildman–Crippen MR) is 118 cm³/mol. The number of β-lactam (4-membered cyclic amide) rings is 1. The number of anilines is 1. The van der Waals surface area contributed by atoms with E-state index in [-0.39, 0.29) is 61.8 Å². The van der Waals surface area contributed by atoms with Crippen LogP contribution in [0.2, 0.25) is 5.02 Å². The molecule has 0 saturated carbocycles. The maximum atomic E-state index is 12.9. The number of hydrogen-bond donors (Lipinski definition) is 2. The van der Waals surface area contributed by atoms with Gasteiger partial charge < -0.3 is 20.0 Å². The van der Waals surface area contributed by atoms with E-state index in [1.807, 2.05) is 0 Å². The molecular formula is C17H14Cl2N5NaO7S2. The second kappa shape index (κ2) is 11.8. The van der Waals surface area contributed by atoms with Crippen LogP contribution in [0.25, 0.3) is 0 Å². The first-order chi connectivity index (χ1) is 15.6. The fourth-order valence-corrected chi connectivity index (χ4v) is 4.70. The second-order valence-electron chi connectivity index (χ2n) is 6.38. The molecule has 0 spiro atoms. The van der Waals surface area contributed by atoms with Crippen LogP contribution in [0, 0.1) is 0 Å². The summed E-state index contributed by atoms with van der Waals surface area (Å²) in [5.74, 6) is -2.87. The minimum atomic E-state index is -5.15. The summed E-state index contributed by atoms with van der Waals surface area (Å²) in [5, 5.41) is 10.2. The quantitative estimate of drug-likeness (QED) is 0.0924. The molecule has 0 aliphatic carbocycles. The van der Waals surface area contributed by atoms with Gasteiger partial charge in [-0.25, -0.2) is 17.7 Å². The molecular weight excluding hydrogens is 544 g/mol. The third-order valence-electron chi connectivity index (χ3n) is 4.30. The molecule has 1 aliphatic rings. The minimum Gasteiger partial charge on any atom is -0.731 e. The van der Waals surface area contributed by atoms with Gasteiger partial charge in [0.05, 0.1) is 0 Å². The van der Waals surface area contributed by atoms with Gasteiger partial charge in [0.25, 0.3) is 11.8 Å². The molecule has 2 aromatic rings. The number of nitrogens with zero attached hydrogens (tertiary/aromatic N) is 3. The first kappa shape index (κ1) is 28.5. The molecule has 1 aromatic carbocycles. The Morgan fingerprint density at radius 3 is 2.53 bits per heavy atom. The van der Waals surface area contributed by atoms with Crippen LogP contribution in [0.15, 0.2) is 34.8 Å². The van der Waals surface area contributed by atoms with E-state index in [1.54, 1.807) is 0 Å². The average molecular weight is 558 g/mol. The van der Waals surface area contributed by atoms with Crippen LogP contribution in [0.5, 0.6) is 0 Å². The van der Waals surface area contributed by atoms with Crippen molar-refractivity contribution in [3.63, 3.8) is 0 Å². The van der Waals surface area contributed by atoms with Gasteiger partial charge in [0.15, 0.2) is 21.1 Å². The van der Waals surface area contributed by atoms with Crippen LogP contribution in [-0.2, 0) is 29.5 Å². The van der Waals surface area contributed by atoms with Crippen LogP contribution in [-0.4, -0.2) is 64.7 Å². The molecule has 1 aromatic heterocycles. The third-order valence-corrected chi connectivity index (χ3v) is 6.44. The summed E-state index contributed by atoms with van der Waals surface area (Å²) in [6.45, 7) is 0. The number of thiazole rings is 1. The zero-order valence-electron chi connectivity index (χ0n) is 17.5. The van der Waals surface area contributed by atoms with Crippen molar-refractivity contribution in [2.24, 2.45) is 5.16 Å². The Kier molecular flexibility index (Phi) is 9.85. The third kappa shape index (κ3) is 6.26. The standard InChI is InChI=1S/C17H15Cl2N5O7S2.Na/c1-31-23-12(10-7-32-17(20-10)21-11(25)6-18)15(26)22-13-14(8-2-4-9(19)5-3-8)24(16(13)27)33(28,29)30;/h2-5,7,13-14H,6H2,1H3,(H,22,26)(H,20,21,25)(H,28,29,30);/q;+1/p-1. The molecule has 3 amide bonds. The number of aromatic nitrogens is 1. The summed E-state index contributed by atoms with van der Waals surface area (Å²) in [4.78, 5) is 45.4. The number of nitrogens with one attached hydrogen (secondary N) is 2. The SMILES string of the molecule is CON=C(C(=O)NC1C(=O)N(S(=O)(=O)[O-])C1c1ccc(Cl)cc1)c1csc(NC(=O)CCl)n1.[Na+]. The van der Waals surface area contributed by atoms with E-state index in [0.717, 1.165) is 11.3 Å². The Morgan fingerprint density at radius 2 is 1.97 bits per heavy atom. The van der Waals surface area contributed by atoms with Gasteiger partial charge in [0.2, 0.25) is 5.91 Å². The number of carbonyl (C=O) groups is 3. The zero-order chi connectivity index (χ0) is 24.3. The summed E-state index contributed by atoms with van der Waals surface area (Å²) in [6, 6.07) is 3.05. The Morgan fingerprint density at radius 1 is 1.32 bits per heavy atom. The van der Waals surface area contributed by atoms with Crippen LogP contribution in [0.4, 0.5) is 5.13 Å². The molecule has 17 heteroatoms. The van der Waals surface area contributed by atoms with Crippen molar-refractivity contribution >= 4 is 73.4 Å². The van der Waals surface area contributed by atoms with Crippen molar-refractivity contribution in [1.29, 1.82) is 0 Å². The van der Waals surface area contributed by atoms with Crippen molar-refractivity contribution in [2.75, 3.05) is 18.3 Å². The largest absolute Gasteiger partial charge is 1.00 e. The summed E-state index contributed by atoms with van der Waals surface area (Å²) in [5.41, 5.74) is -0.0905. The topological polar surface area (TPSA) is 170 Å². The molecule has 1 fully saturated rings. The van der Waals surface area contributed by atoms with Crippen molar-refractivity contribution in [2.45, 2.75) is 12.1 Å².